The van der Waals surface area contributed by atoms with E-state index < -0.39 is 5.97 Å². The van der Waals surface area contributed by atoms with Crippen LogP contribution in [0.5, 0.6) is 0 Å². The predicted molar refractivity (Wildman–Crippen MR) is 77.7 cm³/mol. The minimum atomic E-state index is -0.406. The SMILES string of the molecule is CC.CC.CCOC(=O)Cn1ccc(Br)cc1=O. The van der Waals surface area contributed by atoms with Crippen LogP contribution in [0.25, 0.3) is 0 Å². The van der Waals surface area contributed by atoms with Crippen LogP contribution < -0.4 is 5.56 Å². The number of carbonyl (C=O) groups excluding carboxylic acids is 1. The number of ether oxygens (including phenoxy) is 1. The number of halogens is 1. The second-order valence-corrected chi connectivity index (χ2v) is 3.53. The molecule has 0 amide bonds. The normalized spacial score (nSPS) is 8.33. The van der Waals surface area contributed by atoms with E-state index in [0.29, 0.717) is 11.1 Å². The first-order valence-corrected chi connectivity index (χ1v) is 6.94. The van der Waals surface area contributed by atoms with Crippen LogP contribution in [0.3, 0.4) is 0 Å². The van der Waals surface area contributed by atoms with Gasteiger partial charge in [-0.05, 0) is 13.0 Å². The maximum absolute atomic E-state index is 11.3. The lowest BCUT2D eigenvalue weighted by atomic mass is 10.4. The van der Waals surface area contributed by atoms with Crippen molar-refractivity contribution in [3.63, 3.8) is 0 Å². The highest BCUT2D eigenvalue weighted by molar-refractivity contribution is 9.10. The smallest absolute Gasteiger partial charge is 0.326 e. The molecule has 0 aromatic carbocycles. The van der Waals surface area contributed by atoms with E-state index in [9.17, 15) is 9.59 Å². The molecule has 0 radical (unpaired) electrons. The number of hydrogen-bond donors (Lipinski definition) is 0. The summed E-state index contributed by atoms with van der Waals surface area (Å²) in [5.41, 5.74) is -0.229. The largest absolute Gasteiger partial charge is 0.465 e. The Balaban J connectivity index is 0. The number of pyridine rings is 1. The number of esters is 1. The first-order chi connectivity index (χ1) is 8.63. The van der Waals surface area contributed by atoms with Crippen LogP contribution in [0, 0.1) is 0 Å². The fourth-order valence-corrected chi connectivity index (χ4v) is 1.27. The van der Waals surface area contributed by atoms with Gasteiger partial charge in [0.1, 0.15) is 6.54 Å². The molecule has 0 aliphatic carbocycles. The van der Waals surface area contributed by atoms with E-state index in [1.807, 2.05) is 27.7 Å². The standard InChI is InChI=1S/C9H10BrNO3.2C2H6/c1-2-14-9(13)6-11-4-3-7(10)5-8(11)12;2*1-2/h3-5H,2,6H2,1H3;2*1-2H3. The van der Waals surface area contributed by atoms with Crippen LogP contribution in [0.1, 0.15) is 34.6 Å². The average molecular weight is 320 g/mol. The molecule has 0 atom stereocenters. The number of carbonyl (C=O) groups is 1. The van der Waals surface area contributed by atoms with Crippen LogP contribution in [-0.4, -0.2) is 17.1 Å². The molecular formula is C13H22BrNO3. The minimum absolute atomic E-state index is 0.0417. The van der Waals surface area contributed by atoms with Gasteiger partial charge in [0.2, 0.25) is 0 Å². The van der Waals surface area contributed by atoms with Gasteiger partial charge in [0.15, 0.2) is 0 Å². The Kier molecular flexibility index (Phi) is 13.2. The fourth-order valence-electron chi connectivity index (χ4n) is 0.960. The molecule has 4 nitrogen and oxygen atoms in total. The van der Waals surface area contributed by atoms with Gasteiger partial charge in [0, 0.05) is 16.7 Å². The van der Waals surface area contributed by atoms with Gasteiger partial charge < -0.3 is 9.30 Å². The molecule has 0 fully saturated rings. The van der Waals surface area contributed by atoms with Crippen molar-refractivity contribution in [1.29, 1.82) is 0 Å². The second-order valence-electron chi connectivity index (χ2n) is 2.62. The zero-order valence-electron chi connectivity index (χ0n) is 11.7. The lowest BCUT2D eigenvalue weighted by Crippen LogP contribution is -2.24. The molecule has 0 N–H and O–H groups in total. The molecule has 1 rings (SSSR count). The quantitative estimate of drug-likeness (QED) is 0.804. The topological polar surface area (TPSA) is 48.3 Å². The maximum atomic E-state index is 11.3. The van der Waals surface area contributed by atoms with Crippen LogP contribution in [0.15, 0.2) is 27.6 Å². The van der Waals surface area contributed by atoms with Crippen molar-refractivity contribution in [1.82, 2.24) is 4.57 Å². The molecule has 1 aromatic rings. The molecular weight excluding hydrogens is 298 g/mol. The first-order valence-electron chi connectivity index (χ1n) is 6.15. The molecule has 0 aliphatic heterocycles. The predicted octanol–water partition coefficient (Wildman–Crippen LogP) is 3.23. The lowest BCUT2D eigenvalue weighted by Gasteiger charge is -2.04. The second kappa shape index (κ2) is 12.4. The van der Waals surface area contributed by atoms with Gasteiger partial charge in [-0.25, -0.2) is 0 Å². The van der Waals surface area contributed by atoms with Crippen molar-refractivity contribution in [2.45, 2.75) is 41.2 Å². The van der Waals surface area contributed by atoms with Crippen LogP contribution in [0.4, 0.5) is 0 Å². The van der Waals surface area contributed by atoms with E-state index in [1.54, 1.807) is 19.2 Å². The third kappa shape index (κ3) is 8.06. The van der Waals surface area contributed by atoms with E-state index in [1.165, 1.54) is 10.6 Å². The van der Waals surface area contributed by atoms with Crippen molar-refractivity contribution in [2.75, 3.05) is 6.61 Å². The molecule has 0 saturated heterocycles. The number of aromatic nitrogens is 1. The van der Waals surface area contributed by atoms with Crippen molar-refractivity contribution < 1.29 is 9.53 Å². The highest BCUT2D eigenvalue weighted by atomic mass is 79.9. The average Bonchev–Trinajstić information content (AvgIpc) is 2.38. The summed E-state index contributed by atoms with van der Waals surface area (Å²) in [5, 5.41) is 0. The van der Waals surface area contributed by atoms with Gasteiger partial charge in [0.05, 0.1) is 6.61 Å². The first kappa shape index (κ1) is 19.2. The van der Waals surface area contributed by atoms with Crippen molar-refractivity contribution in [2.24, 2.45) is 0 Å². The highest BCUT2D eigenvalue weighted by Crippen LogP contribution is 2.03. The van der Waals surface area contributed by atoms with Gasteiger partial charge in [-0.2, -0.15) is 0 Å². The van der Waals surface area contributed by atoms with Gasteiger partial charge in [-0.1, -0.05) is 43.6 Å². The molecule has 0 spiro atoms. The molecule has 18 heavy (non-hydrogen) atoms. The molecule has 1 aromatic heterocycles. The van der Waals surface area contributed by atoms with Crippen molar-refractivity contribution in [3.05, 3.63) is 33.2 Å². The minimum Gasteiger partial charge on any atom is -0.465 e. The zero-order chi connectivity index (χ0) is 14.6. The molecule has 0 bridgehead atoms. The maximum Gasteiger partial charge on any atom is 0.326 e. The van der Waals surface area contributed by atoms with Gasteiger partial charge in [-0.3, -0.25) is 9.59 Å². The highest BCUT2D eigenvalue weighted by Gasteiger charge is 2.04. The molecule has 1 heterocycles. The van der Waals surface area contributed by atoms with Gasteiger partial charge in [-0.15, -0.1) is 0 Å². The fraction of sp³-hybridized carbons (Fsp3) is 0.538. The summed E-state index contributed by atoms with van der Waals surface area (Å²) in [7, 11) is 0. The summed E-state index contributed by atoms with van der Waals surface area (Å²) in [6.07, 6.45) is 1.54. The summed E-state index contributed by atoms with van der Waals surface area (Å²) in [6, 6.07) is 3.10. The van der Waals surface area contributed by atoms with E-state index >= 15 is 0 Å². The van der Waals surface area contributed by atoms with Crippen LogP contribution >= 0.6 is 15.9 Å². The summed E-state index contributed by atoms with van der Waals surface area (Å²) in [6.45, 7) is 10.0. The monoisotopic (exact) mass is 319 g/mol. The third-order valence-corrected chi connectivity index (χ3v) is 2.06. The molecule has 0 unspecified atom stereocenters. The number of rotatable bonds is 3. The summed E-state index contributed by atoms with van der Waals surface area (Å²) < 4.78 is 6.71. The van der Waals surface area contributed by atoms with Crippen molar-refractivity contribution >= 4 is 21.9 Å². The van der Waals surface area contributed by atoms with Crippen LogP contribution in [-0.2, 0) is 16.1 Å². The summed E-state index contributed by atoms with van der Waals surface area (Å²) >= 11 is 3.16. The summed E-state index contributed by atoms with van der Waals surface area (Å²) in [5.74, 6) is -0.406. The Bertz CT molecular complexity index is 388. The van der Waals surface area contributed by atoms with E-state index in [-0.39, 0.29) is 12.1 Å². The lowest BCUT2D eigenvalue weighted by molar-refractivity contribution is -0.143. The zero-order valence-corrected chi connectivity index (χ0v) is 13.3. The Morgan fingerprint density at radius 3 is 2.33 bits per heavy atom. The van der Waals surface area contributed by atoms with E-state index in [2.05, 4.69) is 15.9 Å². The Labute approximate surface area is 117 Å². The molecule has 0 saturated carbocycles. The summed E-state index contributed by atoms with van der Waals surface area (Å²) in [4.78, 5) is 22.4. The molecule has 0 aliphatic rings. The van der Waals surface area contributed by atoms with Crippen molar-refractivity contribution in [3.8, 4) is 0 Å². The van der Waals surface area contributed by atoms with Gasteiger partial charge in [0.25, 0.3) is 5.56 Å². The molecule has 104 valence electrons. The number of hydrogen-bond acceptors (Lipinski definition) is 3. The van der Waals surface area contributed by atoms with E-state index in [0.717, 1.165) is 0 Å². The van der Waals surface area contributed by atoms with E-state index in [4.69, 9.17) is 4.74 Å². The Hall–Kier alpha value is -1.10. The number of nitrogens with zero attached hydrogens (tertiary/aromatic N) is 1. The van der Waals surface area contributed by atoms with Gasteiger partial charge >= 0.3 is 5.97 Å². The third-order valence-electron chi connectivity index (χ3n) is 1.56. The Morgan fingerprint density at radius 2 is 1.89 bits per heavy atom. The van der Waals surface area contributed by atoms with Crippen LogP contribution in [0.2, 0.25) is 0 Å². The molecule has 5 heteroatoms. The Morgan fingerprint density at radius 1 is 1.33 bits per heavy atom.